The van der Waals surface area contributed by atoms with Crippen LogP contribution in [-0.4, -0.2) is 36.5 Å². The van der Waals surface area contributed by atoms with Gasteiger partial charge in [-0.15, -0.1) is 0 Å². The summed E-state index contributed by atoms with van der Waals surface area (Å²) in [5.41, 5.74) is 1.56. The van der Waals surface area contributed by atoms with Crippen LogP contribution in [0.15, 0.2) is 36.4 Å². The van der Waals surface area contributed by atoms with Gasteiger partial charge < -0.3 is 16.0 Å². The van der Waals surface area contributed by atoms with Crippen LogP contribution in [-0.2, 0) is 17.9 Å². The summed E-state index contributed by atoms with van der Waals surface area (Å²) in [7, 11) is 0. The molecule has 0 saturated heterocycles. The number of hydrogen-bond acceptors (Lipinski definition) is 3. The van der Waals surface area contributed by atoms with Crippen molar-refractivity contribution < 1.29 is 22.8 Å². The van der Waals surface area contributed by atoms with Gasteiger partial charge in [-0.3, -0.25) is 9.69 Å². The fraction of sp³-hybridized carbons (Fsp3) is 0.333. The van der Waals surface area contributed by atoms with E-state index in [1.54, 1.807) is 0 Å². The van der Waals surface area contributed by atoms with Crippen molar-refractivity contribution in [1.82, 2.24) is 15.5 Å². The molecule has 2 aromatic carbocycles. The zero-order valence-corrected chi connectivity index (χ0v) is 16.9. The molecule has 0 atom stereocenters. The van der Waals surface area contributed by atoms with Crippen LogP contribution in [0.25, 0.3) is 0 Å². The highest BCUT2D eigenvalue weighted by atomic mass is 19.2. The van der Waals surface area contributed by atoms with Crippen LogP contribution in [0.5, 0.6) is 0 Å². The second-order valence-corrected chi connectivity index (χ2v) is 6.59. The molecule has 6 nitrogen and oxygen atoms in total. The van der Waals surface area contributed by atoms with E-state index in [1.165, 1.54) is 5.56 Å². The average Bonchev–Trinajstić information content (AvgIpc) is 2.75. The summed E-state index contributed by atoms with van der Waals surface area (Å²) in [6.45, 7) is 6.80. The van der Waals surface area contributed by atoms with Crippen molar-refractivity contribution in [3.05, 3.63) is 65.0 Å². The molecule has 0 aliphatic rings. The Morgan fingerprint density at radius 1 is 0.867 bits per heavy atom. The van der Waals surface area contributed by atoms with Gasteiger partial charge in [0.25, 0.3) is 0 Å². The van der Waals surface area contributed by atoms with Crippen LogP contribution in [0.4, 0.5) is 23.7 Å². The van der Waals surface area contributed by atoms with Gasteiger partial charge >= 0.3 is 6.03 Å². The van der Waals surface area contributed by atoms with Crippen molar-refractivity contribution in [2.75, 3.05) is 25.0 Å². The molecule has 30 heavy (non-hydrogen) atoms. The Bertz CT molecular complexity index is 871. The van der Waals surface area contributed by atoms with Crippen LogP contribution in [0, 0.1) is 17.5 Å². The molecule has 3 N–H and O–H groups in total. The molecular formula is C21H25F3N4O2. The van der Waals surface area contributed by atoms with E-state index in [9.17, 15) is 22.8 Å². The molecule has 162 valence electrons. The topological polar surface area (TPSA) is 73.5 Å². The second-order valence-electron chi connectivity index (χ2n) is 6.59. The molecule has 0 aromatic heterocycles. The van der Waals surface area contributed by atoms with Crippen molar-refractivity contribution >= 4 is 17.6 Å². The van der Waals surface area contributed by atoms with Crippen molar-refractivity contribution in [2.45, 2.75) is 26.9 Å². The molecule has 2 rings (SSSR count). The zero-order valence-electron chi connectivity index (χ0n) is 16.9. The first kappa shape index (κ1) is 23.2. The lowest BCUT2D eigenvalue weighted by Crippen LogP contribution is -2.39. The van der Waals surface area contributed by atoms with Gasteiger partial charge in [0.05, 0.1) is 12.2 Å². The van der Waals surface area contributed by atoms with E-state index in [1.807, 2.05) is 24.3 Å². The number of halogens is 3. The van der Waals surface area contributed by atoms with Gasteiger partial charge in [-0.2, -0.15) is 0 Å². The first-order valence-electron chi connectivity index (χ1n) is 9.59. The lowest BCUT2D eigenvalue weighted by molar-refractivity contribution is -0.115. The minimum atomic E-state index is -1.68. The Balaban J connectivity index is 1.75. The molecule has 0 unspecified atom stereocenters. The lowest BCUT2D eigenvalue weighted by atomic mass is 10.1. The smallest absolute Gasteiger partial charge is 0.315 e. The van der Waals surface area contributed by atoms with Crippen LogP contribution in [0.2, 0.25) is 0 Å². The van der Waals surface area contributed by atoms with Gasteiger partial charge in [-0.05, 0) is 36.3 Å². The summed E-state index contributed by atoms with van der Waals surface area (Å²) in [6.07, 6.45) is 0. The van der Waals surface area contributed by atoms with E-state index in [0.717, 1.165) is 31.3 Å². The summed E-state index contributed by atoms with van der Waals surface area (Å²) < 4.78 is 39.6. The molecular weight excluding hydrogens is 397 g/mol. The van der Waals surface area contributed by atoms with Gasteiger partial charge in [-0.1, -0.05) is 38.1 Å². The Morgan fingerprint density at radius 2 is 1.50 bits per heavy atom. The molecule has 0 radical (unpaired) electrons. The number of anilines is 1. The second kappa shape index (κ2) is 11.2. The number of nitrogens with zero attached hydrogens (tertiary/aromatic N) is 1. The van der Waals surface area contributed by atoms with Crippen LogP contribution in [0.3, 0.4) is 0 Å². The average molecular weight is 422 g/mol. The Kier molecular flexibility index (Phi) is 8.67. The fourth-order valence-corrected chi connectivity index (χ4v) is 2.69. The number of rotatable bonds is 9. The van der Waals surface area contributed by atoms with Gasteiger partial charge in [-0.25, -0.2) is 18.0 Å². The van der Waals surface area contributed by atoms with Crippen molar-refractivity contribution in [3.8, 4) is 0 Å². The maximum atomic E-state index is 13.5. The lowest BCUT2D eigenvalue weighted by Gasteiger charge is -2.18. The van der Waals surface area contributed by atoms with Gasteiger partial charge in [0.15, 0.2) is 17.5 Å². The SMILES string of the molecule is CCN(CC)Cc1ccc(CNC(=O)NCC(=O)Nc2ccc(F)c(F)c2F)cc1. The third-order valence-electron chi connectivity index (χ3n) is 4.50. The quantitative estimate of drug-likeness (QED) is 0.543. The number of carbonyl (C=O) groups excluding carboxylic acids is 2. The largest absolute Gasteiger partial charge is 0.334 e. The van der Waals surface area contributed by atoms with Crippen LogP contribution < -0.4 is 16.0 Å². The number of hydrogen-bond donors (Lipinski definition) is 3. The molecule has 0 aliphatic heterocycles. The maximum Gasteiger partial charge on any atom is 0.315 e. The monoisotopic (exact) mass is 422 g/mol. The van der Waals surface area contributed by atoms with E-state index >= 15 is 0 Å². The van der Waals surface area contributed by atoms with Gasteiger partial charge in [0.2, 0.25) is 5.91 Å². The Hall–Kier alpha value is -3.07. The number of urea groups is 1. The molecule has 2 aromatic rings. The van der Waals surface area contributed by atoms with Crippen LogP contribution >= 0.6 is 0 Å². The summed E-state index contributed by atoms with van der Waals surface area (Å²) in [5.74, 6) is -5.32. The molecule has 3 amide bonds. The normalized spacial score (nSPS) is 10.7. The Morgan fingerprint density at radius 3 is 2.13 bits per heavy atom. The predicted octanol–water partition coefficient (Wildman–Crippen LogP) is 3.38. The molecule has 0 fully saturated rings. The van der Waals surface area contributed by atoms with Crippen molar-refractivity contribution in [3.63, 3.8) is 0 Å². The molecule has 0 heterocycles. The highest BCUT2D eigenvalue weighted by Crippen LogP contribution is 2.19. The van der Waals surface area contributed by atoms with Crippen molar-refractivity contribution in [2.24, 2.45) is 0 Å². The Labute approximate surface area is 173 Å². The molecule has 9 heteroatoms. The van der Waals surface area contributed by atoms with Gasteiger partial charge in [0.1, 0.15) is 0 Å². The number of amides is 3. The third-order valence-corrected chi connectivity index (χ3v) is 4.50. The van der Waals surface area contributed by atoms with Crippen molar-refractivity contribution in [1.29, 1.82) is 0 Å². The standard InChI is InChI=1S/C21H25F3N4O2/c1-3-28(4-2)13-15-7-5-14(6-8-15)11-25-21(30)26-12-18(29)27-17-10-9-16(22)19(23)20(17)24/h5-10H,3-4,11-13H2,1-2H3,(H,27,29)(H2,25,26,30). The van der Waals surface area contributed by atoms with E-state index in [2.05, 4.69) is 34.7 Å². The first-order valence-corrected chi connectivity index (χ1v) is 9.59. The summed E-state index contributed by atoms with van der Waals surface area (Å²) in [4.78, 5) is 25.9. The number of nitrogens with one attached hydrogen (secondary N) is 3. The number of benzene rings is 2. The summed E-state index contributed by atoms with van der Waals surface area (Å²) >= 11 is 0. The summed E-state index contributed by atoms with van der Waals surface area (Å²) in [5, 5.41) is 6.99. The first-order chi connectivity index (χ1) is 14.3. The highest BCUT2D eigenvalue weighted by molar-refractivity contribution is 5.94. The predicted molar refractivity (Wildman–Crippen MR) is 108 cm³/mol. The fourth-order valence-electron chi connectivity index (χ4n) is 2.69. The van der Waals surface area contributed by atoms with Gasteiger partial charge in [0, 0.05) is 13.1 Å². The van der Waals surface area contributed by atoms with Crippen LogP contribution in [0.1, 0.15) is 25.0 Å². The molecule has 0 spiro atoms. The highest BCUT2D eigenvalue weighted by Gasteiger charge is 2.15. The van der Waals surface area contributed by atoms with E-state index in [4.69, 9.17) is 0 Å². The summed E-state index contributed by atoms with van der Waals surface area (Å²) in [6, 6.07) is 8.82. The molecule has 0 saturated carbocycles. The van der Waals surface area contributed by atoms with E-state index < -0.39 is 41.6 Å². The zero-order chi connectivity index (χ0) is 22.1. The minimum Gasteiger partial charge on any atom is -0.334 e. The number of carbonyl (C=O) groups is 2. The van der Waals surface area contributed by atoms with E-state index in [0.29, 0.717) is 6.07 Å². The maximum absolute atomic E-state index is 13.5. The minimum absolute atomic E-state index is 0.261. The molecule has 0 aliphatic carbocycles. The van der Waals surface area contributed by atoms with E-state index in [-0.39, 0.29) is 6.54 Å². The third kappa shape index (κ3) is 6.77. The molecule has 0 bridgehead atoms.